The van der Waals surface area contributed by atoms with Gasteiger partial charge in [-0.25, -0.2) is 0 Å². The Morgan fingerprint density at radius 2 is 1.13 bits per heavy atom. The lowest BCUT2D eigenvalue weighted by Crippen LogP contribution is -2.55. The molecule has 0 radical (unpaired) electrons. The Bertz CT molecular complexity index is 542. The van der Waals surface area contributed by atoms with E-state index in [1.165, 1.54) is 0 Å². The van der Waals surface area contributed by atoms with Gasteiger partial charge in [0.05, 0.1) is 13.2 Å². The fourth-order valence-electron chi connectivity index (χ4n) is 2.96. The van der Waals surface area contributed by atoms with Gasteiger partial charge in [0, 0.05) is 24.7 Å². The van der Waals surface area contributed by atoms with Gasteiger partial charge in [-0.15, -0.1) is 0 Å². The highest BCUT2D eigenvalue weighted by molar-refractivity contribution is 5.90. The standard InChI is InChI=1S/C21H43N5O5/c1-13(2)23-17(11-27)19(29)22-10-8-7-9-16(20(30)25-15(5)6)26-21(31)18(12-28)24-14(3)4/h13-18,23-24,27-28H,7-12H2,1-6H3,(H,22,29)(H,25,30)(H,26,31)/t16-,17-,18-/m0/s1. The number of aliphatic hydroxyl groups excluding tert-OH is 2. The van der Waals surface area contributed by atoms with Gasteiger partial charge in [0.1, 0.15) is 18.1 Å². The molecule has 182 valence electrons. The highest BCUT2D eigenvalue weighted by atomic mass is 16.3. The van der Waals surface area contributed by atoms with Crippen LogP contribution in [0.15, 0.2) is 0 Å². The number of hydrogen-bond donors (Lipinski definition) is 7. The molecule has 0 aliphatic heterocycles. The zero-order chi connectivity index (χ0) is 24.0. The minimum Gasteiger partial charge on any atom is -0.394 e. The second-order valence-corrected chi connectivity index (χ2v) is 8.62. The second-order valence-electron chi connectivity index (χ2n) is 8.62. The molecule has 0 bridgehead atoms. The van der Waals surface area contributed by atoms with Gasteiger partial charge in [0.2, 0.25) is 17.7 Å². The molecule has 0 fully saturated rings. The molecule has 0 saturated carbocycles. The Hall–Kier alpha value is -1.75. The molecule has 10 nitrogen and oxygen atoms in total. The van der Waals surface area contributed by atoms with Gasteiger partial charge in [0.25, 0.3) is 0 Å². The van der Waals surface area contributed by atoms with Gasteiger partial charge in [0.15, 0.2) is 0 Å². The van der Waals surface area contributed by atoms with Crippen molar-refractivity contribution < 1.29 is 24.6 Å². The van der Waals surface area contributed by atoms with Crippen LogP contribution in [0.2, 0.25) is 0 Å². The van der Waals surface area contributed by atoms with E-state index in [1.54, 1.807) is 0 Å². The van der Waals surface area contributed by atoms with Gasteiger partial charge in [-0.1, -0.05) is 27.7 Å². The molecule has 0 aromatic heterocycles. The molecule has 0 aliphatic rings. The average Bonchev–Trinajstić information content (AvgIpc) is 2.67. The average molecular weight is 446 g/mol. The zero-order valence-electron chi connectivity index (χ0n) is 19.8. The molecule has 0 aromatic rings. The first kappa shape index (κ1) is 29.2. The van der Waals surface area contributed by atoms with Crippen LogP contribution in [0.4, 0.5) is 0 Å². The Labute approximate surface area is 186 Å². The van der Waals surface area contributed by atoms with Crippen molar-refractivity contribution in [2.45, 2.75) is 97.1 Å². The predicted molar refractivity (Wildman–Crippen MR) is 120 cm³/mol. The summed E-state index contributed by atoms with van der Waals surface area (Å²) in [4.78, 5) is 37.1. The van der Waals surface area contributed by atoms with Crippen molar-refractivity contribution >= 4 is 17.7 Å². The lowest BCUT2D eigenvalue weighted by Gasteiger charge is -2.24. The highest BCUT2D eigenvalue weighted by Gasteiger charge is 2.25. The molecule has 10 heteroatoms. The van der Waals surface area contributed by atoms with Crippen molar-refractivity contribution in [1.82, 2.24) is 26.6 Å². The molecule has 3 atom stereocenters. The Morgan fingerprint density at radius 3 is 1.58 bits per heavy atom. The van der Waals surface area contributed by atoms with Crippen molar-refractivity contribution in [3.63, 3.8) is 0 Å². The van der Waals surface area contributed by atoms with E-state index < -0.39 is 24.0 Å². The van der Waals surface area contributed by atoms with E-state index in [0.29, 0.717) is 25.8 Å². The third kappa shape index (κ3) is 13.3. The van der Waals surface area contributed by atoms with Crippen LogP contribution in [0, 0.1) is 0 Å². The predicted octanol–water partition coefficient (Wildman–Crippen LogP) is -1.000. The summed E-state index contributed by atoms with van der Waals surface area (Å²) in [7, 11) is 0. The zero-order valence-corrected chi connectivity index (χ0v) is 19.8. The van der Waals surface area contributed by atoms with E-state index in [4.69, 9.17) is 0 Å². The largest absolute Gasteiger partial charge is 0.394 e. The summed E-state index contributed by atoms with van der Waals surface area (Å²) >= 11 is 0. The molecular formula is C21H43N5O5. The maximum Gasteiger partial charge on any atom is 0.242 e. The number of hydrogen-bond acceptors (Lipinski definition) is 7. The Kier molecular flexibility index (Phi) is 15.1. The molecule has 7 N–H and O–H groups in total. The SMILES string of the molecule is CC(C)NC(=O)[C@H](CCCCNC(=O)[C@H](CO)NC(C)C)NC(=O)[C@H](CO)NC(C)C. The topological polar surface area (TPSA) is 152 Å². The van der Waals surface area contributed by atoms with Crippen LogP contribution in [-0.4, -0.2) is 83.9 Å². The molecule has 0 unspecified atom stereocenters. The first-order valence-electron chi connectivity index (χ1n) is 11.1. The highest BCUT2D eigenvalue weighted by Crippen LogP contribution is 2.03. The van der Waals surface area contributed by atoms with Crippen molar-refractivity contribution in [2.75, 3.05) is 19.8 Å². The van der Waals surface area contributed by atoms with E-state index >= 15 is 0 Å². The monoisotopic (exact) mass is 445 g/mol. The molecular weight excluding hydrogens is 402 g/mol. The lowest BCUT2D eigenvalue weighted by atomic mass is 10.1. The number of unbranched alkanes of at least 4 members (excludes halogenated alkanes) is 1. The third-order valence-corrected chi connectivity index (χ3v) is 4.35. The number of carbonyl (C=O) groups excluding carboxylic acids is 3. The summed E-state index contributed by atoms with van der Waals surface area (Å²) in [5.41, 5.74) is 0. The number of aliphatic hydroxyl groups is 2. The first-order chi connectivity index (χ1) is 14.5. The van der Waals surface area contributed by atoms with Gasteiger partial charge >= 0.3 is 0 Å². The van der Waals surface area contributed by atoms with Crippen LogP contribution in [0.3, 0.4) is 0 Å². The number of amides is 3. The second kappa shape index (κ2) is 16.0. The molecule has 0 saturated heterocycles. The van der Waals surface area contributed by atoms with Crippen molar-refractivity contribution in [3.8, 4) is 0 Å². The maximum absolute atomic E-state index is 12.5. The van der Waals surface area contributed by atoms with E-state index in [1.807, 2.05) is 41.5 Å². The molecule has 0 spiro atoms. The van der Waals surface area contributed by atoms with Gasteiger partial charge in [-0.3, -0.25) is 14.4 Å². The van der Waals surface area contributed by atoms with Gasteiger partial charge in [-0.2, -0.15) is 0 Å². The molecule has 0 aliphatic carbocycles. The first-order valence-corrected chi connectivity index (χ1v) is 11.1. The third-order valence-electron chi connectivity index (χ3n) is 4.35. The van der Waals surface area contributed by atoms with Gasteiger partial charge < -0.3 is 36.8 Å². The summed E-state index contributed by atoms with van der Waals surface area (Å²) in [5.74, 6) is -0.988. The van der Waals surface area contributed by atoms with Crippen molar-refractivity contribution in [1.29, 1.82) is 0 Å². The summed E-state index contributed by atoms with van der Waals surface area (Å²) in [6, 6.07) is -2.19. The lowest BCUT2D eigenvalue weighted by molar-refractivity contribution is -0.131. The van der Waals surface area contributed by atoms with Crippen LogP contribution < -0.4 is 26.6 Å². The summed E-state index contributed by atoms with van der Waals surface area (Å²) < 4.78 is 0. The number of carbonyl (C=O) groups is 3. The number of rotatable bonds is 16. The molecule has 0 aromatic carbocycles. The minimum atomic E-state index is -0.794. The molecule has 0 rings (SSSR count). The smallest absolute Gasteiger partial charge is 0.242 e. The maximum atomic E-state index is 12.5. The van der Waals surface area contributed by atoms with E-state index in [2.05, 4.69) is 26.6 Å². The summed E-state index contributed by atoms with van der Waals surface area (Å²) in [6.07, 6.45) is 1.60. The van der Waals surface area contributed by atoms with Crippen LogP contribution in [0.1, 0.15) is 60.8 Å². The fourth-order valence-corrected chi connectivity index (χ4v) is 2.96. The summed E-state index contributed by atoms with van der Waals surface area (Å²) in [6.45, 7) is 10.9. The quantitative estimate of drug-likeness (QED) is 0.151. The Balaban J connectivity index is 4.70. The van der Waals surface area contributed by atoms with E-state index in [0.717, 1.165) is 0 Å². The van der Waals surface area contributed by atoms with E-state index in [-0.39, 0.29) is 43.2 Å². The van der Waals surface area contributed by atoms with Crippen LogP contribution >= 0.6 is 0 Å². The fraction of sp³-hybridized carbons (Fsp3) is 0.857. The van der Waals surface area contributed by atoms with E-state index in [9.17, 15) is 24.6 Å². The molecule has 3 amide bonds. The van der Waals surface area contributed by atoms with Crippen molar-refractivity contribution in [3.05, 3.63) is 0 Å². The van der Waals surface area contributed by atoms with Crippen molar-refractivity contribution in [2.24, 2.45) is 0 Å². The molecule has 31 heavy (non-hydrogen) atoms. The van der Waals surface area contributed by atoms with Crippen LogP contribution in [0.25, 0.3) is 0 Å². The van der Waals surface area contributed by atoms with Gasteiger partial charge in [-0.05, 0) is 33.1 Å². The minimum absolute atomic E-state index is 0.00221. The normalized spacial score (nSPS) is 14.4. The van der Waals surface area contributed by atoms with Crippen LogP contribution in [0.5, 0.6) is 0 Å². The number of nitrogens with one attached hydrogen (secondary N) is 5. The summed E-state index contributed by atoms with van der Waals surface area (Å²) in [5, 5.41) is 33.0. The molecule has 0 heterocycles. The van der Waals surface area contributed by atoms with Crippen LogP contribution in [-0.2, 0) is 14.4 Å². The Morgan fingerprint density at radius 1 is 0.645 bits per heavy atom.